The van der Waals surface area contributed by atoms with Gasteiger partial charge in [-0.3, -0.25) is 4.79 Å². The van der Waals surface area contributed by atoms with Crippen molar-refractivity contribution in [3.8, 4) is 0 Å². The topological polar surface area (TPSA) is 20.3 Å². The largest absolute Gasteiger partial charge is 0.306 e. The molecule has 1 aromatic carbocycles. The Morgan fingerprint density at radius 2 is 1.94 bits per heavy atom. The van der Waals surface area contributed by atoms with Gasteiger partial charge in [-0.05, 0) is 32.5 Å². The van der Waals surface area contributed by atoms with Gasteiger partial charge < -0.3 is 4.90 Å². The van der Waals surface area contributed by atoms with Crippen LogP contribution in [0.2, 0.25) is 0 Å². The smallest absolute Gasteiger partial charge is 0.141 e. The second-order valence-electron chi connectivity index (χ2n) is 5.20. The summed E-state index contributed by atoms with van der Waals surface area (Å²) in [6, 6.07) is 10.5. The Balaban J connectivity index is 2.00. The highest BCUT2D eigenvalue weighted by Crippen LogP contribution is 2.30. The summed E-state index contributed by atoms with van der Waals surface area (Å²) < 4.78 is 0. The lowest BCUT2D eigenvalue weighted by Gasteiger charge is -2.25. The van der Waals surface area contributed by atoms with Crippen molar-refractivity contribution in [2.45, 2.75) is 31.7 Å². The minimum Gasteiger partial charge on any atom is -0.306 e. The zero-order valence-corrected chi connectivity index (χ0v) is 10.7. The van der Waals surface area contributed by atoms with Crippen LogP contribution >= 0.6 is 0 Å². The Hall–Kier alpha value is -1.15. The van der Waals surface area contributed by atoms with Gasteiger partial charge in [0.1, 0.15) is 5.78 Å². The standard InChI is InChI=1S/C15H21NO/c1-16(2)14-10-6-9-13(14)15(17)11-12-7-4-3-5-8-12/h3-5,7-8,13-14H,6,9-11H2,1-2H3. The maximum absolute atomic E-state index is 12.3. The molecule has 2 nitrogen and oxygen atoms in total. The molecule has 2 heteroatoms. The molecule has 0 aromatic heterocycles. The molecule has 2 atom stereocenters. The fraction of sp³-hybridized carbons (Fsp3) is 0.533. The van der Waals surface area contributed by atoms with Crippen LogP contribution in [0, 0.1) is 5.92 Å². The van der Waals surface area contributed by atoms with E-state index in [2.05, 4.69) is 19.0 Å². The first-order valence-electron chi connectivity index (χ1n) is 6.41. The van der Waals surface area contributed by atoms with Crippen molar-refractivity contribution in [2.24, 2.45) is 5.92 Å². The van der Waals surface area contributed by atoms with E-state index in [1.54, 1.807) is 0 Å². The summed E-state index contributed by atoms with van der Waals surface area (Å²) in [6.45, 7) is 0. The van der Waals surface area contributed by atoms with Crippen LogP contribution in [0.4, 0.5) is 0 Å². The first-order chi connectivity index (χ1) is 8.18. The summed E-state index contributed by atoms with van der Waals surface area (Å²) in [5, 5.41) is 0. The highest BCUT2D eigenvalue weighted by atomic mass is 16.1. The van der Waals surface area contributed by atoms with Gasteiger partial charge in [-0.25, -0.2) is 0 Å². The summed E-state index contributed by atoms with van der Waals surface area (Å²) in [5.41, 5.74) is 1.14. The molecule has 1 fully saturated rings. The molecule has 0 aliphatic heterocycles. The SMILES string of the molecule is CN(C)C1CCCC1C(=O)Cc1ccccc1. The molecule has 0 amide bonds. The van der Waals surface area contributed by atoms with E-state index in [9.17, 15) is 4.79 Å². The van der Waals surface area contributed by atoms with Gasteiger partial charge in [0.25, 0.3) is 0 Å². The molecule has 0 saturated heterocycles. The molecule has 0 radical (unpaired) electrons. The molecular formula is C15H21NO. The van der Waals surface area contributed by atoms with E-state index < -0.39 is 0 Å². The predicted octanol–water partition coefficient (Wildman–Crippen LogP) is 2.53. The zero-order valence-electron chi connectivity index (χ0n) is 10.7. The van der Waals surface area contributed by atoms with Crippen LogP contribution in [-0.4, -0.2) is 30.8 Å². The number of carbonyl (C=O) groups excluding carboxylic acids is 1. The van der Waals surface area contributed by atoms with E-state index in [0.717, 1.165) is 18.4 Å². The molecule has 1 aliphatic carbocycles. The Morgan fingerprint density at radius 3 is 2.59 bits per heavy atom. The Labute approximate surface area is 104 Å². The number of hydrogen-bond acceptors (Lipinski definition) is 2. The maximum atomic E-state index is 12.3. The maximum Gasteiger partial charge on any atom is 0.141 e. The second-order valence-corrected chi connectivity index (χ2v) is 5.20. The monoisotopic (exact) mass is 231 g/mol. The summed E-state index contributed by atoms with van der Waals surface area (Å²) in [6.07, 6.45) is 4.01. The van der Waals surface area contributed by atoms with Crippen molar-refractivity contribution in [3.05, 3.63) is 35.9 Å². The van der Waals surface area contributed by atoms with Gasteiger partial charge in [0, 0.05) is 18.4 Å². The third-order valence-corrected chi connectivity index (χ3v) is 3.78. The van der Waals surface area contributed by atoms with Gasteiger partial charge in [-0.15, -0.1) is 0 Å². The molecule has 0 N–H and O–H groups in total. The third kappa shape index (κ3) is 2.95. The van der Waals surface area contributed by atoms with Crippen molar-refractivity contribution in [1.82, 2.24) is 4.90 Å². The zero-order chi connectivity index (χ0) is 12.3. The lowest BCUT2D eigenvalue weighted by atomic mass is 9.93. The van der Waals surface area contributed by atoms with Crippen molar-refractivity contribution in [3.63, 3.8) is 0 Å². The molecule has 2 unspecified atom stereocenters. The van der Waals surface area contributed by atoms with Crippen LogP contribution < -0.4 is 0 Å². The molecule has 0 heterocycles. The van der Waals surface area contributed by atoms with E-state index in [1.807, 2.05) is 30.3 Å². The molecule has 0 spiro atoms. The Bertz CT molecular complexity index is 372. The first kappa shape index (κ1) is 12.3. The fourth-order valence-electron chi connectivity index (χ4n) is 2.86. The van der Waals surface area contributed by atoms with Gasteiger partial charge in [0.05, 0.1) is 0 Å². The van der Waals surface area contributed by atoms with E-state index in [-0.39, 0.29) is 5.92 Å². The highest BCUT2D eigenvalue weighted by Gasteiger charge is 2.33. The molecule has 1 saturated carbocycles. The summed E-state index contributed by atoms with van der Waals surface area (Å²) in [7, 11) is 4.16. The van der Waals surface area contributed by atoms with Crippen LogP contribution in [0.25, 0.3) is 0 Å². The van der Waals surface area contributed by atoms with Crippen molar-refractivity contribution in [2.75, 3.05) is 14.1 Å². The average Bonchev–Trinajstić information content (AvgIpc) is 2.79. The van der Waals surface area contributed by atoms with Crippen LogP contribution in [-0.2, 0) is 11.2 Å². The van der Waals surface area contributed by atoms with Gasteiger partial charge in [-0.2, -0.15) is 0 Å². The normalized spacial score (nSPS) is 24.2. The van der Waals surface area contributed by atoms with Crippen molar-refractivity contribution < 1.29 is 4.79 Å². The number of Topliss-reactive ketones (excluding diaryl/α,β-unsaturated/α-hetero) is 1. The predicted molar refractivity (Wildman–Crippen MR) is 70.0 cm³/mol. The van der Waals surface area contributed by atoms with E-state index >= 15 is 0 Å². The molecule has 0 bridgehead atoms. The van der Waals surface area contributed by atoms with E-state index in [1.165, 1.54) is 6.42 Å². The molecular weight excluding hydrogens is 210 g/mol. The highest BCUT2D eigenvalue weighted by molar-refractivity contribution is 5.84. The second kappa shape index (κ2) is 5.46. The molecule has 92 valence electrons. The van der Waals surface area contributed by atoms with Gasteiger partial charge in [0.2, 0.25) is 0 Å². The summed E-state index contributed by atoms with van der Waals surface area (Å²) in [4.78, 5) is 14.5. The first-order valence-corrected chi connectivity index (χ1v) is 6.41. The number of carbonyl (C=O) groups is 1. The number of ketones is 1. The van der Waals surface area contributed by atoms with E-state index in [4.69, 9.17) is 0 Å². The number of rotatable bonds is 4. The Morgan fingerprint density at radius 1 is 1.24 bits per heavy atom. The fourth-order valence-corrected chi connectivity index (χ4v) is 2.86. The van der Waals surface area contributed by atoms with Gasteiger partial charge >= 0.3 is 0 Å². The molecule has 1 aromatic rings. The minimum atomic E-state index is 0.241. The molecule has 1 aliphatic rings. The van der Waals surface area contributed by atoms with Gasteiger partial charge in [-0.1, -0.05) is 36.8 Å². The van der Waals surface area contributed by atoms with Crippen LogP contribution in [0.3, 0.4) is 0 Å². The molecule has 2 rings (SSSR count). The number of benzene rings is 1. The number of nitrogens with zero attached hydrogens (tertiary/aromatic N) is 1. The van der Waals surface area contributed by atoms with Crippen molar-refractivity contribution in [1.29, 1.82) is 0 Å². The molecule has 17 heavy (non-hydrogen) atoms. The average molecular weight is 231 g/mol. The van der Waals surface area contributed by atoms with Crippen molar-refractivity contribution >= 4 is 5.78 Å². The Kier molecular flexibility index (Phi) is 3.95. The van der Waals surface area contributed by atoms with Crippen LogP contribution in [0.15, 0.2) is 30.3 Å². The lowest BCUT2D eigenvalue weighted by molar-refractivity contribution is -0.123. The third-order valence-electron chi connectivity index (χ3n) is 3.78. The summed E-state index contributed by atoms with van der Waals surface area (Å²) >= 11 is 0. The lowest BCUT2D eigenvalue weighted by Crippen LogP contribution is -2.36. The minimum absolute atomic E-state index is 0.241. The van der Waals surface area contributed by atoms with Crippen LogP contribution in [0.1, 0.15) is 24.8 Å². The van der Waals surface area contributed by atoms with Crippen LogP contribution in [0.5, 0.6) is 0 Å². The quantitative estimate of drug-likeness (QED) is 0.793. The van der Waals surface area contributed by atoms with Gasteiger partial charge in [0.15, 0.2) is 0 Å². The summed E-state index contributed by atoms with van der Waals surface area (Å²) in [5.74, 6) is 0.651. The van der Waals surface area contributed by atoms with E-state index in [0.29, 0.717) is 18.2 Å². The number of hydrogen-bond donors (Lipinski definition) is 0.